The minimum Gasteiger partial charge on any atom is -0.469 e. The molecule has 3 aromatic rings. The molecule has 1 aromatic carbocycles. The van der Waals surface area contributed by atoms with E-state index in [4.69, 9.17) is 19.5 Å². The summed E-state index contributed by atoms with van der Waals surface area (Å²) in [6.45, 7) is 3.52. The van der Waals surface area contributed by atoms with E-state index in [-0.39, 0.29) is 42.4 Å². The van der Waals surface area contributed by atoms with Gasteiger partial charge in [-0.1, -0.05) is 32.0 Å². The lowest BCUT2D eigenvalue weighted by Crippen LogP contribution is -2.25. The molecule has 0 amide bonds. The van der Waals surface area contributed by atoms with Crippen molar-refractivity contribution in [2.75, 3.05) is 32.2 Å². The molecule has 13 heteroatoms. The number of benzene rings is 1. The molecule has 0 bridgehead atoms. The first-order valence-corrected chi connectivity index (χ1v) is 13.9. The Hall–Kier alpha value is -3.47. The number of nitrogens with one attached hydrogen (secondary N) is 1. The molecule has 0 saturated heterocycles. The van der Waals surface area contributed by atoms with Crippen LogP contribution in [0.2, 0.25) is 0 Å². The Bertz CT molecular complexity index is 1430. The maximum atomic E-state index is 14.0. The number of carbonyl (C=O) groups is 1. The molecule has 1 aliphatic rings. The van der Waals surface area contributed by atoms with Crippen LogP contribution in [0.15, 0.2) is 47.0 Å². The molecular weight excluding hydrogens is 513 g/mol. The second-order valence-corrected chi connectivity index (χ2v) is 11.9. The van der Waals surface area contributed by atoms with E-state index in [9.17, 15) is 19.3 Å². The van der Waals surface area contributed by atoms with Crippen molar-refractivity contribution in [3.05, 3.63) is 52.6 Å². The highest BCUT2D eigenvalue weighted by Crippen LogP contribution is 2.58. The van der Waals surface area contributed by atoms with E-state index in [1.807, 2.05) is 13.8 Å². The van der Waals surface area contributed by atoms with Crippen LogP contribution < -0.4 is 15.8 Å². The number of nitrogens with zero attached hydrogens (tertiary/aromatic N) is 3. The molecule has 2 heterocycles. The van der Waals surface area contributed by atoms with E-state index < -0.39 is 30.5 Å². The van der Waals surface area contributed by atoms with Gasteiger partial charge in [-0.05, 0) is 36.5 Å². The third-order valence-corrected chi connectivity index (χ3v) is 8.29. The predicted molar refractivity (Wildman–Crippen MR) is 141 cm³/mol. The number of aliphatic hydroxyl groups is 1. The smallest absolute Gasteiger partial charge is 0.380 e. The molecule has 0 radical (unpaired) electrons. The van der Waals surface area contributed by atoms with E-state index in [0.29, 0.717) is 18.6 Å². The number of imidazole rings is 1. The van der Waals surface area contributed by atoms with Crippen LogP contribution in [0.3, 0.4) is 0 Å². The van der Waals surface area contributed by atoms with Gasteiger partial charge in [0, 0.05) is 11.6 Å². The minimum atomic E-state index is -3.87. The molecule has 204 valence electrons. The number of H-pyrrole nitrogens is 1. The van der Waals surface area contributed by atoms with Crippen molar-refractivity contribution < 1.29 is 28.3 Å². The molecule has 0 aliphatic heterocycles. The third-order valence-electron chi connectivity index (χ3n) is 6.39. The fourth-order valence-corrected chi connectivity index (χ4v) is 6.24. The van der Waals surface area contributed by atoms with Crippen LogP contribution in [0, 0.1) is 17.3 Å². The number of rotatable bonds is 12. The van der Waals surface area contributed by atoms with E-state index in [0.717, 1.165) is 5.57 Å². The summed E-state index contributed by atoms with van der Waals surface area (Å²) in [5, 5.41) is 10.2. The summed E-state index contributed by atoms with van der Waals surface area (Å²) in [6.07, 6.45) is 3.83. The summed E-state index contributed by atoms with van der Waals surface area (Å²) in [7, 11) is -2.58. The zero-order valence-electron chi connectivity index (χ0n) is 21.5. The summed E-state index contributed by atoms with van der Waals surface area (Å²) < 4.78 is 32.3. The molecule has 1 aliphatic carbocycles. The number of methoxy groups -OCH3 is 1. The van der Waals surface area contributed by atoms with Gasteiger partial charge < -0.3 is 20.1 Å². The van der Waals surface area contributed by atoms with E-state index >= 15 is 0 Å². The van der Waals surface area contributed by atoms with Crippen LogP contribution in [0.5, 0.6) is 5.75 Å². The standard InChI is InChI=1S/C25H32N5O7P/c1-16(2)9-17(23(33)35-3)12-38(34,37-19-7-5-4-6-8-19)36-14-25(13-31)10-18(25)11-30-15-27-20-21(30)28-24(26)29-22(20)32/h4-8,11,15-17,31H,9-10,12-14H2,1-3H3,(H3,26,28,29,32)/b18-11-/t17-,25+,38+/m1/s1. The largest absolute Gasteiger partial charge is 0.469 e. The minimum absolute atomic E-state index is 0.0456. The number of aliphatic hydroxyl groups excluding tert-OH is 1. The van der Waals surface area contributed by atoms with Crippen LogP contribution in [-0.4, -0.2) is 57.1 Å². The van der Waals surface area contributed by atoms with Gasteiger partial charge in [0.05, 0.1) is 32.4 Å². The molecule has 1 fully saturated rings. The van der Waals surface area contributed by atoms with Gasteiger partial charge in [-0.2, -0.15) is 4.98 Å². The predicted octanol–water partition coefficient (Wildman–Crippen LogP) is 3.05. The van der Waals surface area contributed by atoms with Crippen molar-refractivity contribution >= 4 is 36.9 Å². The summed E-state index contributed by atoms with van der Waals surface area (Å²) >= 11 is 0. The van der Waals surface area contributed by atoms with E-state index in [1.54, 1.807) is 41.1 Å². The molecule has 3 atom stereocenters. The Labute approximate surface area is 219 Å². The quantitative estimate of drug-likeness (QED) is 0.227. The SMILES string of the molecule is COC(=O)[C@H](CC(C)C)C[P@](=O)(OC[C@@]1(CO)C/C1=C/n1cnc2c(=O)[nH]c(N)nc21)Oc1ccccc1. The highest BCUT2D eigenvalue weighted by molar-refractivity contribution is 7.54. The summed E-state index contributed by atoms with van der Waals surface area (Å²) in [6, 6.07) is 8.58. The van der Waals surface area contributed by atoms with E-state index in [2.05, 4.69) is 15.0 Å². The van der Waals surface area contributed by atoms with Crippen LogP contribution in [0.4, 0.5) is 5.95 Å². The lowest BCUT2D eigenvalue weighted by Gasteiger charge is -2.25. The summed E-state index contributed by atoms with van der Waals surface area (Å²) in [4.78, 5) is 35.2. The number of hydrogen-bond donors (Lipinski definition) is 3. The second-order valence-electron chi connectivity index (χ2n) is 9.87. The molecule has 0 unspecified atom stereocenters. The van der Waals surface area contributed by atoms with Crippen molar-refractivity contribution in [3.63, 3.8) is 0 Å². The van der Waals surface area contributed by atoms with Gasteiger partial charge in [0.25, 0.3) is 5.56 Å². The molecule has 1 saturated carbocycles. The fraction of sp³-hybridized carbons (Fsp3) is 0.440. The van der Waals surface area contributed by atoms with Crippen LogP contribution in [0.1, 0.15) is 26.7 Å². The van der Waals surface area contributed by atoms with Crippen molar-refractivity contribution in [1.82, 2.24) is 19.5 Å². The highest BCUT2D eigenvalue weighted by atomic mass is 31.2. The third kappa shape index (κ3) is 6.15. The van der Waals surface area contributed by atoms with Gasteiger partial charge in [0.2, 0.25) is 5.95 Å². The molecule has 4 N–H and O–H groups in total. The molecule has 38 heavy (non-hydrogen) atoms. The number of nitrogen functional groups attached to an aromatic ring is 1. The normalized spacial score (nSPS) is 20.4. The molecule has 12 nitrogen and oxygen atoms in total. The first-order valence-electron chi connectivity index (χ1n) is 12.2. The van der Waals surface area contributed by atoms with Crippen molar-refractivity contribution in [3.8, 4) is 5.75 Å². The fourth-order valence-electron chi connectivity index (χ4n) is 4.29. The van der Waals surface area contributed by atoms with Crippen LogP contribution in [0.25, 0.3) is 17.4 Å². The lowest BCUT2D eigenvalue weighted by molar-refractivity contribution is -0.145. The molecular formula is C25H32N5O7P. The van der Waals surface area contributed by atoms with Crippen molar-refractivity contribution in [1.29, 1.82) is 0 Å². The number of fused-ring (bicyclic) bond motifs is 1. The number of carbonyl (C=O) groups excluding carboxylic acids is 1. The van der Waals surface area contributed by atoms with Gasteiger partial charge in [-0.15, -0.1) is 0 Å². The van der Waals surface area contributed by atoms with Crippen LogP contribution >= 0.6 is 7.60 Å². The monoisotopic (exact) mass is 545 g/mol. The first kappa shape index (κ1) is 27.6. The van der Waals surface area contributed by atoms with Crippen molar-refractivity contribution in [2.45, 2.75) is 26.7 Å². The Balaban J connectivity index is 1.58. The zero-order valence-corrected chi connectivity index (χ0v) is 22.4. The van der Waals surface area contributed by atoms with Crippen molar-refractivity contribution in [2.24, 2.45) is 17.3 Å². The Kier molecular flexibility index (Phi) is 8.05. The first-order chi connectivity index (χ1) is 18.1. The number of esters is 1. The summed E-state index contributed by atoms with van der Waals surface area (Å²) in [5.74, 6) is -0.744. The number of anilines is 1. The van der Waals surface area contributed by atoms with E-state index in [1.165, 1.54) is 13.4 Å². The average Bonchev–Trinajstić information content (AvgIpc) is 3.42. The maximum absolute atomic E-state index is 14.0. The zero-order chi connectivity index (χ0) is 27.5. The topological polar surface area (TPSA) is 172 Å². The summed E-state index contributed by atoms with van der Waals surface area (Å²) in [5.41, 5.74) is 5.56. The molecule has 4 rings (SSSR count). The number of para-hydroxylation sites is 1. The number of aromatic amines is 1. The number of aromatic nitrogens is 4. The van der Waals surface area contributed by atoms with Crippen LogP contribution in [-0.2, 0) is 18.6 Å². The molecule has 0 spiro atoms. The molecule has 2 aromatic heterocycles. The Morgan fingerprint density at radius 2 is 2.08 bits per heavy atom. The lowest BCUT2D eigenvalue weighted by atomic mass is 9.99. The number of nitrogens with two attached hydrogens (primary N) is 1. The van der Waals surface area contributed by atoms with Gasteiger partial charge >= 0.3 is 13.6 Å². The van der Waals surface area contributed by atoms with Gasteiger partial charge in [-0.25, -0.2) is 9.55 Å². The Morgan fingerprint density at radius 3 is 2.74 bits per heavy atom. The Morgan fingerprint density at radius 1 is 1.34 bits per heavy atom. The number of ether oxygens (including phenoxy) is 1. The van der Waals surface area contributed by atoms with Gasteiger partial charge in [-0.3, -0.25) is 23.7 Å². The highest BCUT2D eigenvalue weighted by Gasteiger charge is 2.51. The average molecular weight is 546 g/mol. The van der Waals surface area contributed by atoms with Gasteiger partial charge in [0.1, 0.15) is 12.1 Å². The number of hydrogen-bond acceptors (Lipinski definition) is 10. The second kappa shape index (κ2) is 11.1. The van der Waals surface area contributed by atoms with Gasteiger partial charge in [0.15, 0.2) is 11.2 Å². The maximum Gasteiger partial charge on any atom is 0.380 e.